The van der Waals surface area contributed by atoms with Gasteiger partial charge in [0, 0.05) is 30.4 Å². The highest BCUT2D eigenvalue weighted by atomic mass is 19.1. The summed E-state index contributed by atoms with van der Waals surface area (Å²) in [5, 5.41) is 7.46. The Labute approximate surface area is 117 Å². The SMILES string of the molecule is Cc1[nH]nc(N2CCCC(N)C2)c1-c1ccc(F)cc1. The molecule has 0 bridgehead atoms. The molecule has 0 radical (unpaired) electrons. The number of aromatic nitrogens is 2. The van der Waals surface area contributed by atoms with Crippen molar-refractivity contribution in [1.29, 1.82) is 0 Å². The lowest BCUT2D eigenvalue weighted by Gasteiger charge is -2.31. The van der Waals surface area contributed by atoms with Crippen LogP contribution in [0, 0.1) is 12.7 Å². The minimum Gasteiger partial charge on any atom is -0.353 e. The molecule has 1 unspecified atom stereocenters. The van der Waals surface area contributed by atoms with Gasteiger partial charge in [-0.2, -0.15) is 5.10 Å². The summed E-state index contributed by atoms with van der Waals surface area (Å²) < 4.78 is 13.1. The van der Waals surface area contributed by atoms with E-state index in [4.69, 9.17) is 5.73 Å². The fourth-order valence-electron chi connectivity index (χ4n) is 2.81. The van der Waals surface area contributed by atoms with E-state index in [1.165, 1.54) is 12.1 Å². The first-order valence-electron chi connectivity index (χ1n) is 6.96. The van der Waals surface area contributed by atoms with Crippen molar-refractivity contribution >= 4 is 5.82 Å². The lowest BCUT2D eigenvalue weighted by Crippen LogP contribution is -2.43. The number of hydrogen-bond donors (Lipinski definition) is 2. The molecule has 0 spiro atoms. The molecule has 106 valence electrons. The quantitative estimate of drug-likeness (QED) is 0.884. The lowest BCUT2D eigenvalue weighted by atomic mass is 10.0. The zero-order chi connectivity index (χ0) is 14.1. The highest BCUT2D eigenvalue weighted by Crippen LogP contribution is 2.33. The summed E-state index contributed by atoms with van der Waals surface area (Å²) in [4.78, 5) is 2.22. The Balaban J connectivity index is 1.98. The predicted molar refractivity (Wildman–Crippen MR) is 78.1 cm³/mol. The van der Waals surface area contributed by atoms with Crippen LogP contribution < -0.4 is 10.6 Å². The highest BCUT2D eigenvalue weighted by molar-refractivity contribution is 5.78. The molecule has 1 aliphatic rings. The maximum absolute atomic E-state index is 13.1. The number of piperidine rings is 1. The van der Waals surface area contributed by atoms with Crippen molar-refractivity contribution < 1.29 is 4.39 Å². The number of rotatable bonds is 2. The third kappa shape index (κ3) is 2.41. The van der Waals surface area contributed by atoms with Crippen molar-refractivity contribution in [3.05, 3.63) is 35.8 Å². The van der Waals surface area contributed by atoms with Gasteiger partial charge in [-0.15, -0.1) is 0 Å². The zero-order valence-corrected chi connectivity index (χ0v) is 11.6. The Kier molecular flexibility index (Phi) is 3.44. The van der Waals surface area contributed by atoms with Gasteiger partial charge in [0.25, 0.3) is 0 Å². The van der Waals surface area contributed by atoms with Gasteiger partial charge in [-0.25, -0.2) is 4.39 Å². The number of aromatic amines is 1. The van der Waals surface area contributed by atoms with Gasteiger partial charge in [0.05, 0.1) is 0 Å². The van der Waals surface area contributed by atoms with Crippen molar-refractivity contribution in [3.63, 3.8) is 0 Å². The van der Waals surface area contributed by atoms with E-state index in [0.29, 0.717) is 0 Å². The van der Waals surface area contributed by atoms with Crippen molar-refractivity contribution in [2.75, 3.05) is 18.0 Å². The molecule has 1 aromatic carbocycles. The van der Waals surface area contributed by atoms with Crippen LogP contribution in [0.2, 0.25) is 0 Å². The molecule has 1 atom stereocenters. The molecule has 0 aliphatic carbocycles. The molecule has 5 heteroatoms. The second kappa shape index (κ2) is 5.25. The van der Waals surface area contributed by atoms with Gasteiger partial charge in [0.2, 0.25) is 0 Å². The van der Waals surface area contributed by atoms with E-state index in [9.17, 15) is 4.39 Å². The Morgan fingerprint density at radius 2 is 2.10 bits per heavy atom. The predicted octanol–water partition coefficient (Wildman–Crippen LogP) is 2.45. The molecule has 2 heterocycles. The van der Waals surface area contributed by atoms with Gasteiger partial charge < -0.3 is 10.6 Å². The fraction of sp³-hybridized carbons (Fsp3) is 0.400. The second-order valence-electron chi connectivity index (χ2n) is 5.40. The summed E-state index contributed by atoms with van der Waals surface area (Å²) >= 11 is 0. The molecule has 0 saturated carbocycles. The van der Waals surface area contributed by atoms with Crippen LogP contribution in [0.1, 0.15) is 18.5 Å². The Hall–Kier alpha value is -1.88. The van der Waals surface area contributed by atoms with Crippen LogP contribution >= 0.6 is 0 Å². The van der Waals surface area contributed by atoms with Crippen LogP contribution in [-0.4, -0.2) is 29.3 Å². The number of benzene rings is 1. The summed E-state index contributed by atoms with van der Waals surface area (Å²) in [6.45, 7) is 3.77. The molecule has 2 aromatic rings. The van der Waals surface area contributed by atoms with Crippen molar-refractivity contribution in [2.24, 2.45) is 5.73 Å². The summed E-state index contributed by atoms with van der Waals surface area (Å²) in [7, 11) is 0. The van der Waals surface area contributed by atoms with E-state index in [1.54, 1.807) is 12.1 Å². The number of aryl methyl sites for hydroxylation is 1. The number of nitrogens with two attached hydrogens (primary N) is 1. The smallest absolute Gasteiger partial charge is 0.158 e. The largest absolute Gasteiger partial charge is 0.353 e. The summed E-state index contributed by atoms with van der Waals surface area (Å²) in [5.74, 6) is 0.695. The summed E-state index contributed by atoms with van der Waals surface area (Å²) in [6, 6.07) is 6.74. The molecular weight excluding hydrogens is 255 g/mol. The first-order chi connectivity index (χ1) is 9.65. The molecule has 1 aromatic heterocycles. The van der Waals surface area contributed by atoms with Gasteiger partial charge in [-0.3, -0.25) is 5.10 Å². The molecule has 3 N–H and O–H groups in total. The average molecular weight is 274 g/mol. The number of halogens is 1. The second-order valence-corrected chi connectivity index (χ2v) is 5.40. The topological polar surface area (TPSA) is 57.9 Å². The van der Waals surface area contributed by atoms with Gasteiger partial charge in [0.15, 0.2) is 5.82 Å². The van der Waals surface area contributed by atoms with E-state index in [2.05, 4.69) is 15.1 Å². The number of nitrogens with zero attached hydrogens (tertiary/aromatic N) is 2. The first kappa shape index (κ1) is 13.1. The Morgan fingerprint density at radius 1 is 1.35 bits per heavy atom. The third-order valence-electron chi connectivity index (χ3n) is 3.82. The van der Waals surface area contributed by atoms with Crippen molar-refractivity contribution in [3.8, 4) is 11.1 Å². The number of H-pyrrole nitrogens is 1. The average Bonchev–Trinajstić information content (AvgIpc) is 2.82. The molecule has 1 saturated heterocycles. The molecule has 0 amide bonds. The van der Waals surface area contributed by atoms with E-state index >= 15 is 0 Å². The van der Waals surface area contributed by atoms with Gasteiger partial charge in [0.1, 0.15) is 5.82 Å². The molecule has 1 fully saturated rings. The number of hydrogen-bond acceptors (Lipinski definition) is 3. The summed E-state index contributed by atoms with van der Waals surface area (Å²) in [5.41, 5.74) is 9.06. The molecule has 3 rings (SSSR count). The monoisotopic (exact) mass is 274 g/mol. The number of anilines is 1. The zero-order valence-electron chi connectivity index (χ0n) is 11.6. The van der Waals surface area contributed by atoms with Gasteiger partial charge >= 0.3 is 0 Å². The van der Waals surface area contributed by atoms with Gasteiger partial charge in [-0.1, -0.05) is 12.1 Å². The minimum absolute atomic E-state index is 0.196. The highest BCUT2D eigenvalue weighted by Gasteiger charge is 2.23. The van der Waals surface area contributed by atoms with Crippen LogP contribution in [-0.2, 0) is 0 Å². The number of nitrogens with one attached hydrogen (secondary N) is 1. The lowest BCUT2D eigenvalue weighted by molar-refractivity contribution is 0.503. The molecule has 1 aliphatic heterocycles. The normalized spacial score (nSPS) is 19.4. The van der Waals surface area contributed by atoms with Crippen LogP contribution in [0.15, 0.2) is 24.3 Å². The standard InChI is InChI=1S/C15H19FN4/c1-10-14(11-4-6-12(16)7-5-11)15(19-18-10)20-8-2-3-13(17)9-20/h4-7,13H,2-3,8-9,17H2,1H3,(H,18,19). The van der Waals surface area contributed by atoms with Crippen LogP contribution in [0.4, 0.5) is 10.2 Å². The van der Waals surface area contributed by atoms with E-state index in [-0.39, 0.29) is 11.9 Å². The van der Waals surface area contributed by atoms with Crippen LogP contribution in [0.5, 0.6) is 0 Å². The minimum atomic E-state index is -0.226. The first-order valence-corrected chi connectivity index (χ1v) is 6.96. The van der Waals surface area contributed by atoms with Crippen molar-refractivity contribution in [2.45, 2.75) is 25.8 Å². The molecule has 20 heavy (non-hydrogen) atoms. The third-order valence-corrected chi connectivity index (χ3v) is 3.82. The van der Waals surface area contributed by atoms with Gasteiger partial charge in [-0.05, 0) is 37.5 Å². The molecular formula is C15H19FN4. The molecule has 4 nitrogen and oxygen atoms in total. The van der Waals surface area contributed by atoms with E-state index < -0.39 is 0 Å². The van der Waals surface area contributed by atoms with Crippen LogP contribution in [0.3, 0.4) is 0 Å². The maximum Gasteiger partial charge on any atom is 0.158 e. The fourth-order valence-corrected chi connectivity index (χ4v) is 2.81. The van der Waals surface area contributed by atoms with Crippen LogP contribution in [0.25, 0.3) is 11.1 Å². The van der Waals surface area contributed by atoms with E-state index in [1.807, 2.05) is 6.92 Å². The van der Waals surface area contributed by atoms with E-state index in [0.717, 1.165) is 48.6 Å². The summed E-state index contributed by atoms with van der Waals surface area (Å²) in [6.07, 6.45) is 2.14. The Bertz CT molecular complexity index is 590. The Morgan fingerprint density at radius 3 is 2.80 bits per heavy atom. The maximum atomic E-state index is 13.1. The van der Waals surface area contributed by atoms with Crippen molar-refractivity contribution in [1.82, 2.24) is 10.2 Å².